The van der Waals surface area contributed by atoms with Gasteiger partial charge in [-0.3, -0.25) is 9.59 Å². The Morgan fingerprint density at radius 3 is 2.67 bits per heavy atom. The largest absolute Gasteiger partial charge is 0.482 e. The molecule has 0 spiro atoms. The molecule has 9 heteroatoms. The molecule has 2 heterocycles. The summed E-state index contributed by atoms with van der Waals surface area (Å²) in [6.45, 7) is 4.07. The molecule has 2 amide bonds. The lowest BCUT2D eigenvalue weighted by molar-refractivity contribution is -0.125. The van der Waals surface area contributed by atoms with Gasteiger partial charge in [0, 0.05) is 18.7 Å². The van der Waals surface area contributed by atoms with Gasteiger partial charge in [0.05, 0.1) is 10.6 Å². The number of anilines is 1. The van der Waals surface area contributed by atoms with Crippen molar-refractivity contribution in [3.05, 3.63) is 17.7 Å². The van der Waals surface area contributed by atoms with Crippen molar-refractivity contribution in [2.45, 2.75) is 69.4 Å². The van der Waals surface area contributed by atoms with E-state index in [4.69, 9.17) is 4.74 Å². The summed E-state index contributed by atoms with van der Waals surface area (Å²) in [5, 5.41) is 5.78. The van der Waals surface area contributed by atoms with Crippen molar-refractivity contribution in [1.82, 2.24) is 9.62 Å². The van der Waals surface area contributed by atoms with E-state index in [0.717, 1.165) is 25.7 Å². The molecule has 1 aliphatic carbocycles. The van der Waals surface area contributed by atoms with E-state index < -0.39 is 16.1 Å². The minimum absolute atomic E-state index is 0.114. The molecule has 0 bridgehead atoms. The molecule has 164 valence electrons. The standard InChI is InChI=1S/C21H29N3O5S/c1-13-5-7-15(8-6-13)22-21(26)17-4-3-9-24(17)30(27,28)19-11-18-16(10-14(19)2)23-20(25)12-29-18/h10-11,13,15,17H,3-9,12H2,1-2H3,(H,22,26)(H,23,25)/t13?,15?,17-/m0/s1. The van der Waals surface area contributed by atoms with Crippen LogP contribution in [0.5, 0.6) is 5.75 Å². The maximum absolute atomic E-state index is 13.5. The van der Waals surface area contributed by atoms with Gasteiger partial charge in [0.1, 0.15) is 11.8 Å². The molecule has 2 fully saturated rings. The number of fused-ring (bicyclic) bond motifs is 1. The molecule has 2 N–H and O–H groups in total. The SMILES string of the molecule is Cc1cc2c(cc1S(=O)(=O)N1CCC[C@H]1C(=O)NC1CCC(C)CC1)OCC(=O)N2. The van der Waals surface area contributed by atoms with E-state index in [-0.39, 0.29) is 29.4 Å². The van der Waals surface area contributed by atoms with Gasteiger partial charge in [-0.05, 0) is 63.0 Å². The van der Waals surface area contributed by atoms with Crippen LogP contribution in [0.3, 0.4) is 0 Å². The zero-order valence-corrected chi connectivity index (χ0v) is 18.3. The Morgan fingerprint density at radius 2 is 1.93 bits per heavy atom. The molecule has 30 heavy (non-hydrogen) atoms. The van der Waals surface area contributed by atoms with Gasteiger partial charge in [-0.25, -0.2) is 8.42 Å². The van der Waals surface area contributed by atoms with Crippen molar-refractivity contribution < 1.29 is 22.7 Å². The smallest absolute Gasteiger partial charge is 0.262 e. The molecule has 3 aliphatic rings. The molecule has 0 unspecified atom stereocenters. The molecular formula is C21H29N3O5S. The molecule has 0 radical (unpaired) electrons. The van der Waals surface area contributed by atoms with E-state index in [2.05, 4.69) is 17.6 Å². The molecule has 1 aromatic carbocycles. The number of carbonyl (C=O) groups is 2. The predicted octanol–water partition coefficient (Wildman–Crippen LogP) is 2.17. The van der Waals surface area contributed by atoms with Gasteiger partial charge < -0.3 is 15.4 Å². The van der Waals surface area contributed by atoms with Crippen LogP contribution in [0.1, 0.15) is 51.0 Å². The Hall–Kier alpha value is -2.13. The van der Waals surface area contributed by atoms with Crippen LogP contribution >= 0.6 is 0 Å². The minimum Gasteiger partial charge on any atom is -0.482 e. The number of nitrogens with zero attached hydrogens (tertiary/aromatic N) is 1. The van der Waals surface area contributed by atoms with Crippen LogP contribution in [0.2, 0.25) is 0 Å². The molecule has 4 rings (SSSR count). The molecule has 2 aliphatic heterocycles. The normalized spacial score (nSPS) is 27.1. The lowest BCUT2D eigenvalue weighted by Crippen LogP contribution is -2.49. The third kappa shape index (κ3) is 4.05. The van der Waals surface area contributed by atoms with Gasteiger partial charge >= 0.3 is 0 Å². The number of hydrogen-bond donors (Lipinski definition) is 2. The van der Waals surface area contributed by atoms with Crippen LogP contribution in [0, 0.1) is 12.8 Å². The van der Waals surface area contributed by atoms with Crippen LogP contribution in [0.4, 0.5) is 5.69 Å². The summed E-state index contributed by atoms with van der Waals surface area (Å²) in [4.78, 5) is 24.6. The van der Waals surface area contributed by atoms with Crippen LogP contribution in [0.25, 0.3) is 0 Å². The van der Waals surface area contributed by atoms with Gasteiger partial charge in [0.15, 0.2) is 6.61 Å². The lowest BCUT2D eigenvalue weighted by atomic mass is 9.87. The number of nitrogens with one attached hydrogen (secondary N) is 2. The highest BCUT2D eigenvalue weighted by Crippen LogP contribution is 2.36. The fourth-order valence-electron chi connectivity index (χ4n) is 4.61. The van der Waals surface area contributed by atoms with Crippen LogP contribution in [-0.4, -0.2) is 49.8 Å². The molecule has 1 atom stereocenters. The fourth-order valence-corrected chi connectivity index (χ4v) is 6.49. The second kappa shape index (κ2) is 8.19. The van der Waals surface area contributed by atoms with Crippen molar-refractivity contribution in [2.75, 3.05) is 18.5 Å². The summed E-state index contributed by atoms with van der Waals surface area (Å²) in [5.74, 6) is 0.538. The van der Waals surface area contributed by atoms with Gasteiger partial charge in [-0.15, -0.1) is 0 Å². The molecule has 1 saturated heterocycles. The summed E-state index contributed by atoms with van der Waals surface area (Å²) >= 11 is 0. The van der Waals surface area contributed by atoms with E-state index in [1.54, 1.807) is 13.0 Å². The Bertz CT molecular complexity index is 954. The summed E-state index contributed by atoms with van der Waals surface area (Å²) < 4.78 is 33.6. The van der Waals surface area contributed by atoms with Crippen molar-refractivity contribution in [3.8, 4) is 5.75 Å². The van der Waals surface area contributed by atoms with Crippen molar-refractivity contribution in [2.24, 2.45) is 5.92 Å². The van der Waals surface area contributed by atoms with Gasteiger partial charge in [-0.1, -0.05) is 6.92 Å². The van der Waals surface area contributed by atoms with Crippen LogP contribution in [-0.2, 0) is 19.6 Å². The molecule has 0 aromatic heterocycles. The van der Waals surface area contributed by atoms with Crippen LogP contribution < -0.4 is 15.4 Å². The van der Waals surface area contributed by atoms with Gasteiger partial charge in [-0.2, -0.15) is 4.31 Å². The predicted molar refractivity (Wildman–Crippen MR) is 112 cm³/mol. The molecule has 1 saturated carbocycles. The summed E-state index contributed by atoms with van der Waals surface area (Å²) in [7, 11) is -3.88. The first-order valence-electron chi connectivity index (χ1n) is 10.6. The van der Waals surface area contributed by atoms with Gasteiger partial charge in [0.2, 0.25) is 15.9 Å². The summed E-state index contributed by atoms with van der Waals surface area (Å²) in [6, 6.07) is 2.50. The Kier molecular flexibility index (Phi) is 5.76. The van der Waals surface area contributed by atoms with Gasteiger partial charge in [0.25, 0.3) is 5.91 Å². The van der Waals surface area contributed by atoms with Crippen molar-refractivity contribution in [3.63, 3.8) is 0 Å². The average molecular weight is 436 g/mol. The zero-order valence-electron chi connectivity index (χ0n) is 17.4. The second-order valence-corrected chi connectivity index (χ2v) is 10.5. The minimum atomic E-state index is -3.88. The van der Waals surface area contributed by atoms with E-state index >= 15 is 0 Å². The Labute approximate surface area is 177 Å². The van der Waals surface area contributed by atoms with E-state index in [1.807, 2.05) is 0 Å². The number of carbonyl (C=O) groups excluding carboxylic acids is 2. The maximum Gasteiger partial charge on any atom is 0.262 e. The quantitative estimate of drug-likeness (QED) is 0.754. The second-order valence-electron chi connectivity index (χ2n) is 8.69. The average Bonchev–Trinajstić information content (AvgIpc) is 3.20. The maximum atomic E-state index is 13.5. The Morgan fingerprint density at radius 1 is 1.20 bits per heavy atom. The van der Waals surface area contributed by atoms with Crippen molar-refractivity contribution in [1.29, 1.82) is 0 Å². The summed E-state index contributed by atoms with van der Waals surface area (Å²) in [5.41, 5.74) is 0.969. The first-order chi connectivity index (χ1) is 14.3. The summed E-state index contributed by atoms with van der Waals surface area (Å²) in [6.07, 6.45) is 5.23. The third-order valence-electron chi connectivity index (χ3n) is 6.37. The topological polar surface area (TPSA) is 105 Å². The number of ether oxygens (including phenoxy) is 1. The monoisotopic (exact) mass is 435 g/mol. The Balaban J connectivity index is 1.54. The number of benzene rings is 1. The highest BCUT2D eigenvalue weighted by atomic mass is 32.2. The molecular weight excluding hydrogens is 406 g/mol. The number of sulfonamides is 1. The number of aryl methyl sites for hydroxylation is 1. The highest BCUT2D eigenvalue weighted by Gasteiger charge is 2.41. The number of rotatable bonds is 4. The van der Waals surface area contributed by atoms with E-state index in [0.29, 0.717) is 42.3 Å². The van der Waals surface area contributed by atoms with E-state index in [1.165, 1.54) is 10.4 Å². The first-order valence-corrected chi connectivity index (χ1v) is 12.1. The van der Waals surface area contributed by atoms with E-state index in [9.17, 15) is 18.0 Å². The molecule has 8 nitrogen and oxygen atoms in total. The highest BCUT2D eigenvalue weighted by molar-refractivity contribution is 7.89. The lowest BCUT2D eigenvalue weighted by Gasteiger charge is -2.30. The van der Waals surface area contributed by atoms with Crippen LogP contribution in [0.15, 0.2) is 17.0 Å². The first kappa shape index (κ1) is 21.1. The molecule has 1 aromatic rings. The third-order valence-corrected chi connectivity index (χ3v) is 8.42. The number of hydrogen-bond acceptors (Lipinski definition) is 5. The number of amides is 2. The fraction of sp³-hybridized carbons (Fsp3) is 0.619. The zero-order chi connectivity index (χ0) is 21.5. The van der Waals surface area contributed by atoms with Crippen molar-refractivity contribution >= 4 is 27.5 Å².